The summed E-state index contributed by atoms with van der Waals surface area (Å²) in [6, 6.07) is 8.54. The van der Waals surface area contributed by atoms with Crippen molar-refractivity contribution in [3.05, 3.63) is 46.6 Å². The lowest BCUT2D eigenvalue weighted by Gasteiger charge is -2.02. The van der Waals surface area contributed by atoms with Gasteiger partial charge in [-0.25, -0.2) is 0 Å². The average molecular weight is 230 g/mol. The number of anilines is 1. The van der Waals surface area contributed by atoms with Crippen LogP contribution in [0, 0.1) is 6.92 Å². The van der Waals surface area contributed by atoms with Crippen molar-refractivity contribution in [3.63, 3.8) is 0 Å². The minimum atomic E-state index is 0.465. The van der Waals surface area contributed by atoms with Gasteiger partial charge in [0.2, 0.25) is 5.88 Å². The van der Waals surface area contributed by atoms with Crippen LogP contribution in [0.15, 0.2) is 28.8 Å². The Balaban J connectivity index is 2.07. The van der Waals surface area contributed by atoms with E-state index in [9.17, 15) is 0 Å². The zero-order chi connectivity index (χ0) is 12.3. The number of nitrogens with two attached hydrogens (primary N) is 1. The van der Waals surface area contributed by atoms with Gasteiger partial charge in [-0.2, -0.15) is 0 Å². The van der Waals surface area contributed by atoms with E-state index in [2.05, 4.69) is 43.3 Å². The smallest absolute Gasteiger partial charge is 0.225 e. The van der Waals surface area contributed by atoms with Crippen LogP contribution >= 0.6 is 0 Å². The summed E-state index contributed by atoms with van der Waals surface area (Å²) in [4.78, 5) is 0. The SMILES string of the molecule is CCc1c(CCc2cccc(C)c2)noc1N. The Kier molecular flexibility index (Phi) is 3.47. The van der Waals surface area contributed by atoms with Crippen molar-refractivity contribution in [1.29, 1.82) is 0 Å². The maximum absolute atomic E-state index is 5.72. The summed E-state index contributed by atoms with van der Waals surface area (Å²) in [5, 5.41) is 4.02. The van der Waals surface area contributed by atoms with E-state index in [1.807, 2.05) is 0 Å². The Bertz CT molecular complexity index is 503. The Morgan fingerprint density at radius 1 is 1.29 bits per heavy atom. The highest BCUT2D eigenvalue weighted by molar-refractivity contribution is 5.39. The summed E-state index contributed by atoms with van der Waals surface area (Å²) in [5.74, 6) is 0.465. The molecule has 0 amide bonds. The molecule has 0 radical (unpaired) electrons. The number of aryl methyl sites for hydroxylation is 3. The normalized spacial score (nSPS) is 10.7. The molecule has 2 N–H and O–H groups in total. The average Bonchev–Trinajstić information content (AvgIpc) is 2.67. The van der Waals surface area contributed by atoms with Crippen molar-refractivity contribution >= 4 is 5.88 Å². The molecular weight excluding hydrogens is 212 g/mol. The van der Waals surface area contributed by atoms with Crippen LogP contribution in [0.1, 0.15) is 29.3 Å². The monoisotopic (exact) mass is 230 g/mol. The third-order valence-electron chi connectivity index (χ3n) is 2.99. The lowest BCUT2D eigenvalue weighted by atomic mass is 10.0. The highest BCUT2D eigenvalue weighted by Crippen LogP contribution is 2.18. The third-order valence-corrected chi connectivity index (χ3v) is 2.99. The van der Waals surface area contributed by atoms with Crippen LogP contribution in [0.4, 0.5) is 5.88 Å². The summed E-state index contributed by atoms with van der Waals surface area (Å²) in [5.41, 5.74) is 10.4. The lowest BCUT2D eigenvalue weighted by molar-refractivity contribution is 0.427. The van der Waals surface area contributed by atoms with E-state index in [1.165, 1.54) is 11.1 Å². The largest absolute Gasteiger partial charge is 0.367 e. The zero-order valence-corrected chi connectivity index (χ0v) is 10.4. The quantitative estimate of drug-likeness (QED) is 0.878. The van der Waals surface area contributed by atoms with Crippen molar-refractivity contribution in [2.75, 3.05) is 5.73 Å². The first kappa shape index (κ1) is 11.7. The fourth-order valence-corrected chi connectivity index (χ4v) is 2.06. The molecule has 0 unspecified atom stereocenters. The number of hydrogen-bond acceptors (Lipinski definition) is 3. The molecule has 17 heavy (non-hydrogen) atoms. The predicted molar refractivity (Wildman–Crippen MR) is 68.9 cm³/mol. The zero-order valence-electron chi connectivity index (χ0n) is 10.4. The van der Waals surface area contributed by atoms with E-state index < -0.39 is 0 Å². The molecule has 1 aromatic heterocycles. The minimum Gasteiger partial charge on any atom is -0.367 e. The minimum absolute atomic E-state index is 0.465. The van der Waals surface area contributed by atoms with E-state index in [0.717, 1.165) is 30.5 Å². The molecule has 0 aliphatic heterocycles. The Hall–Kier alpha value is -1.77. The number of aromatic nitrogens is 1. The van der Waals surface area contributed by atoms with Crippen LogP contribution in [0.25, 0.3) is 0 Å². The number of hydrogen-bond donors (Lipinski definition) is 1. The van der Waals surface area contributed by atoms with Crippen molar-refractivity contribution in [2.24, 2.45) is 0 Å². The number of benzene rings is 1. The molecule has 3 nitrogen and oxygen atoms in total. The first-order chi connectivity index (χ1) is 8.20. The van der Waals surface area contributed by atoms with Gasteiger partial charge in [-0.15, -0.1) is 0 Å². The van der Waals surface area contributed by atoms with E-state index in [1.54, 1.807) is 0 Å². The first-order valence-corrected chi connectivity index (χ1v) is 5.99. The second-order valence-electron chi connectivity index (χ2n) is 4.31. The molecular formula is C14H18N2O. The van der Waals surface area contributed by atoms with Gasteiger partial charge in [0, 0.05) is 5.56 Å². The van der Waals surface area contributed by atoms with Gasteiger partial charge in [0.1, 0.15) is 0 Å². The van der Waals surface area contributed by atoms with E-state index in [-0.39, 0.29) is 0 Å². The van der Waals surface area contributed by atoms with Crippen LogP contribution in [-0.2, 0) is 19.3 Å². The van der Waals surface area contributed by atoms with Gasteiger partial charge < -0.3 is 10.3 Å². The maximum Gasteiger partial charge on any atom is 0.225 e. The molecule has 0 atom stereocenters. The van der Waals surface area contributed by atoms with Crippen LogP contribution in [0.5, 0.6) is 0 Å². The molecule has 2 rings (SSSR count). The van der Waals surface area contributed by atoms with Gasteiger partial charge in [-0.05, 0) is 31.7 Å². The van der Waals surface area contributed by atoms with Gasteiger partial charge in [0.25, 0.3) is 0 Å². The van der Waals surface area contributed by atoms with Gasteiger partial charge in [0.15, 0.2) is 0 Å². The number of rotatable bonds is 4. The van der Waals surface area contributed by atoms with Crippen LogP contribution in [0.3, 0.4) is 0 Å². The number of nitrogen functional groups attached to an aromatic ring is 1. The molecule has 0 saturated heterocycles. The molecule has 0 fully saturated rings. The van der Waals surface area contributed by atoms with E-state index in [4.69, 9.17) is 10.3 Å². The van der Waals surface area contributed by atoms with Crippen LogP contribution in [0.2, 0.25) is 0 Å². The van der Waals surface area contributed by atoms with Gasteiger partial charge in [-0.1, -0.05) is 41.9 Å². The molecule has 1 aromatic carbocycles. The molecule has 0 aliphatic carbocycles. The fraction of sp³-hybridized carbons (Fsp3) is 0.357. The topological polar surface area (TPSA) is 52.0 Å². The summed E-state index contributed by atoms with van der Waals surface area (Å²) in [6.45, 7) is 4.17. The molecule has 3 heteroatoms. The molecule has 1 heterocycles. The van der Waals surface area contributed by atoms with Gasteiger partial charge in [0.05, 0.1) is 5.69 Å². The molecule has 0 bridgehead atoms. The van der Waals surface area contributed by atoms with Crippen LogP contribution < -0.4 is 5.73 Å². The van der Waals surface area contributed by atoms with Crippen molar-refractivity contribution in [1.82, 2.24) is 5.16 Å². The standard InChI is InChI=1S/C14H18N2O/c1-3-12-13(16-17-14(12)15)8-7-11-6-4-5-10(2)9-11/h4-6,9H,3,7-8,15H2,1-2H3. The van der Waals surface area contributed by atoms with Crippen molar-refractivity contribution in [2.45, 2.75) is 33.1 Å². The highest BCUT2D eigenvalue weighted by Gasteiger charge is 2.11. The fourth-order valence-electron chi connectivity index (χ4n) is 2.06. The van der Waals surface area contributed by atoms with E-state index in [0.29, 0.717) is 5.88 Å². The van der Waals surface area contributed by atoms with Crippen molar-refractivity contribution < 1.29 is 4.52 Å². The van der Waals surface area contributed by atoms with Crippen LogP contribution in [-0.4, -0.2) is 5.16 Å². The van der Waals surface area contributed by atoms with E-state index >= 15 is 0 Å². The summed E-state index contributed by atoms with van der Waals surface area (Å²) in [7, 11) is 0. The number of nitrogens with zero attached hydrogens (tertiary/aromatic N) is 1. The second-order valence-corrected chi connectivity index (χ2v) is 4.31. The summed E-state index contributed by atoms with van der Waals surface area (Å²) >= 11 is 0. The summed E-state index contributed by atoms with van der Waals surface area (Å²) in [6.07, 6.45) is 2.73. The second kappa shape index (κ2) is 5.04. The first-order valence-electron chi connectivity index (χ1n) is 5.99. The highest BCUT2D eigenvalue weighted by atomic mass is 16.5. The lowest BCUT2D eigenvalue weighted by Crippen LogP contribution is -1.97. The Labute approximate surface area is 102 Å². The third kappa shape index (κ3) is 2.67. The Morgan fingerprint density at radius 3 is 2.82 bits per heavy atom. The van der Waals surface area contributed by atoms with Gasteiger partial charge >= 0.3 is 0 Å². The molecule has 90 valence electrons. The van der Waals surface area contributed by atoms with Crippen molar-refractivity contribution in [3.8, 4) is 0 Å². The molecule has 0 aliphatic rings. The molecule has 0 spiro atoms. The maximum atomic E-state index is 5.72. The predicted octanol–water partition coefficient (Wildman–Crippen LogP) is 2.91. The molecule has 0 saturated carbocycles. The Morgan fingerprint density at radius 2 is 2.12 bits per heavy atom. The molecule has 2 aromatic rings. The summed E-state index contributed by atoms with van der Waals surface area (Å²) < 4.78 is 5.03. The van der Waals surface area contributed by atoms with Gasteiger partial charge in [-0.3, -0.25) is 0 Å².